The topological polar surface area (TPSA) is 50.7 Å². The molecule has 5 rings (SSSR count). The molecular weight excluding hydrogens is 408 g/mol. The maximum absolute atomic E-state index is 5.18. The number of nitrogens with one attached hydrogen (secondary N) is 1. The minimum atomic E-state index is 0.663. The van der Waals surface area contributed by atoms with Crippen molar-refractivity contribution in [1.82, 2.24) is 15.0 Å². The van der Waals surface area contributed by atoms with E-state index in [2.05, 4.69) is 49.5 Å². The van der Waals surface area contributed by atoms with E-state index in [1.165, 1.54) is 28.5 Å². The van der Waals surface area contributed by atoms with Crippen molar-refractivity contribution in [1.29, 1.82) is 0 Å². The van der Waals surface area contributed by atoms with Crippen molar-refractivity contribution < 1.29 is 0 Å². The third-order valence-electron chi connectivity index (χ3n) is 5.76. The van der Waals surface area contributed by atoms with Gasteiger partial charge in [-0.2, -0.15) is 0 Å². The molecule has 3 heterocycles. The first-order valence-corrected chi connectivity index (χ1v) is 12.7. The molecule has 0 amide bonds. The standard InChI is InChI=1S/C24H26N4S2/c1-14(2)12-13-25-22-21-20(27-24(28-22)29-3)18-16-10-7-11-17(16)19(26-23(18)30-21)15-8-5-4-6-9-15/h4-6,8-9,14H,7,10-13H2,1-3H3,(H,25,27,28). The van der Waals surface area contributed by atoms with Crippen molar-refractivity contribution >= 4 is 49.3 Å². The van der Waals surface area contributed by atoms with Gasteiger partial charge in [0.15, 0.2) is 5.16 Å². The van der Waals surface area contributed by atoms with Crippen LogP contribution in [-0.4, -0.2) is 27.8 Å². The molecule has 0 radical (unpaired) electrons. The van der Waals surface area contributed by atoms with Gasteiger partial charge >= 0.3 is 0 Å². The van der Waals surface area contributed by atoms with Crippen LogP contribution in [0.5, 0.6) is 0 Å². The molecule has 0 unspecified atom stereocenters. The molecule has 0 saturated heterocycles. The second-order valence-corrected chi connectivity index (χ2v) is 10.0. The second kappa shape index (κ2) is 8.16. The molecule has 0 atom stereocenters. The summed E-state index contributed by atoms with van der Waals surface area (Å²) in [6, 6.07) is 10.6. The molecule has 0 saturated carbocycles. The Morgan fingerprint density at radius 1 is 1.07 bits per heavy atom. The van der Waals surface area contributed by atoms with Gasteiger partial charge in [-0.3, -0.25) is 0 Å². The molecule has 4 nitrogen and oxygen atoms in total. The first-order valence-electron chi connectivity index (χ1n) is 10.6. The minimum Gasteiger partial charge on any atom is -0.369 e. The SMILES string of the molecule is CSc1nc(NCCC(C)C)c2sc3nc(-c4ccccc4)c4c(c3c2n1)CCC4. The number of hydrogen-bond donors (Lipinski definition) is 1. The summed E-state index contributed by atoms with van der Waals surface area (Å²) in [5.74, 6) is 1.62. The van der Waals surface area contributed by atoms with E-state index in [0.717, 1.165) is 57.5 Å². The smallest absolute Gasteiger partial charge is 0.189 e. The molecular formula is C24H26N4S2. The van der Waals surface area contributed by atoms with Crippen molar-refractivity contribution in [3.63, 3.8) is 0 Å². The summed E-state index contributed by atoms with van der Waals surface area (Å²) < 4.78 is 1.14. The number of thioether (sulfide) groups is 1. The third-order valence-corrected chi connectivity index (χ3v) is 7.38. The molecule has 6 heteroatoms. The second-order valence-electron chi connectivity index (χ2n) is 8.27. The fourth-order valence-electron chi connectivity index (χ4n) is 4.27. The number of benzene rings is 1. The zero-order valence-electron chi connectivity index (χ0n) is 17.7. The van der Waals surface area contributed by atoms with Gasteiger partial charge in [0.2, 0.25) is 0 Å². The normalized spacial score (nSPS) is 13.5. The molecule has 0 aliphatic heterocycles. The van der Waals surface area contributed by atoms with Gasteiger partial charge in [-0.1, -0.05) is 55.9 Å². The van der Waals surface area contributed by atoms with Crippen LogP contribution in [-0.2, 0) is 12.8 Å². The van der Waals surface area contributed by atoms with E-state index in [9.17, 15) is 0 Å². The molecule has 0 fully saturated rings. The highest BCUT2D eigenvalue weighted by atomic mass is 32.2. The Hall–Kier alpha value is -2.18. The molecule has 154 valence electrons. The van der Waals surface area contributed by atoms with Gasteiger partial charge in [-0.15, -0.1) is 11.3 Å². The highest BCUT2D eigenvalue weighted by Crippen LogP contribution is 2.43. The summed E-state index contributed by atoms with van der Waals surface area (Å²) >= 11 is 3.34. The molecule has 0 bridgehead atoms. The van der Waals surface area contributed by atoms with Crippen LogP contribution in [0.1, 0.15) is 37.8 Å². The summed E-state index contributed by atoms with van der Waals surface area (Å²) in [4.78, 5) is 16.0. The van der Waals surface area contributed by atoms with E-state index in [-0.39, 0.29) is 0 Å². The summed E-state index contributed by atoms with van der Waals surface area (Å²) in [6.07, 6.45) is 6.56. The average Bonchev–Trinajstić information content (AvgIpc) is 3.37. The zero-order valence-corrected chi connectivity index (χ0v) is 19.3. The van der Waals surface area contributed by atoms with Crippen molar-refractivity contribution in [2.24, 2.45) is 5.92 Å². The number of fused-ring (bicyclic) bond motifs is 5. The Kier molecular flexibility index (Phi) is 5.37. The van der Waals surface area contributed by atoms with Gasteiger partial charge in [0.25, 0.3) is 0 Å². The minimum absolute atomic E-state index is 0.663. The van der Waals surface area contributed by atoms with Gasteiger partial charge in [0.1, 0.15) is 10.6 Å². The van der Waals surface area contributed by atoms with Crippen LogP contribution in [0.15, 0.2) is 35.5 Å². The number of thiophene rings is 1. The van der Waals surface area contributed by atoms with E-state index in [1.807, 2.05) is 6.26 Å². The van der Waals surface area contributed by atoms with E-state index < -0.39 is 0 Å². The maximum Gasteiger partial charge on any atom is 0.189 e. The van der Waals surface area contributed by atoms with E-state index in [4.69, 9.17) is 15.0 Å². The average molecular weight is 435 g/mol. The Balaban J connectivity index is 1.73. The largest absolute Gasteiger partial charge is 0.369 e. The molecule has 0 spiro atoms. The maximum atomic E-state index is 5.18. The predicted molar refractivity (Wildman–Crippen MR) is 130 cm³/mol. The highest BCUT2D eigenvalue weighted by molar-refractivity contribution is 7.98. The lowest BCUT2D eigenvalue weighted by Crippen LogP contribution is -2.07. The van der Waals surface area contributed by atoms with Crippen LogP contribution in [0.4, 0.5) is 5.82 Å². The van der Waals surface area contributed by atoms with Crippen LogP contribution in [0.3, 0.4) is 0 Å². The molecule has 30 heavy (non-hydrogen) atoms. The lowest BCUT2D eigenvalue weighted by molar-refractivity contribution is 0.606. The molecule has 1 aliphatic carbocycles. The van der Waals surface area contributed by atoms with Crippen LogP contribution >= 0.6 is 23.1 Å². The van der Waals surface area contributed by atoms with Crippen LogP contribution in [0, 0.1) is 5.92 Å². The van der Waals surface area contributed by atoms with Crippen LogP contribution in [0.25, 0.3) is 31.7 Å². The number of hydrogen-bond acceptors (Lipinski definition) is 6. The fourth-order valence-corrected chi connectivity index (χ4v) is 5.75. The van der Waals surface area contributed by atoms with Gasteiger partial charge in [-0.25, -0.2) is 15.0 Å². The van der Waals surface area contributed by atoms with E-state index >= 15 is 0 Å². The summed E-state index contributed by atoms with van der Waals surface area (Å²) in [5.41, 5.74) is 6.29. The Bertz CT molecular complexity index is 1210. The Labute approximate surface area is 185 Å². The summed E-state index contributed by atoms with van der Waals surface area (Å²) in [7, 11) is 0. The van der Waals surface area contributed by atoms with Crippen molar-refractivity contribution in [3.05, 3.63) is 41.5 Å². The van der Waals surface area contributed by atoms with Crippen molar-refractivity contribution in [3.8, 4) is 11.3 Å². The van der Waals surface area contributed by atoms with Gasteiger partial charge in [0.05, 0.1) is 15.9 Å². The van der Waals surface area contributed by atoms with Gasteiger partial charge < -0.3 is 5.32 Å². The quantitative estimate of drug-likeness (QED) is 0.274. The number of anilines is 1. The van der Waals surface area contributed by atoms with E-state index in [0.29, 0.717) is 5.92 Å². The van der Waals surface area contributed by atoms with Crippen LogP contribution in [0.2, 0.25) is 0 Å². The number of aromatic nitrogens is 3. The fraction of sp³-hybridized carbons (Fsp3) is 0.375. The third kappa shape index (κ3) is 3.46. The monoisotopic (exact) mass is 434 g/mol. The van der Waals surface area contributed by atoms with Gasteiger partial charge in [0, 0.05) is 17.5 Å². The van der Waals surface area contributed by atoms with Gasteiger partial charge in [-0.05, 0) is 49.0 Å². The zero-order chi connectivity index (χ0) is 20.7. The molecule has 3 aromatic heterocycles. The Morgan fingerprint density at radius 3 is 2.63 bits per heavy atom. The number of rotatable bonds is 6. The summed E-state index contributed by atoms with van der Waals surface area (Å²) in [6.45, 7) is 5.43. The predicted octanol–water partition coefficient (Wildman–Crippen LogP) is 6.58. The van der Waals surface area contributed by atoms with Crippen LogP contribution < -0.4 is 5.32 Å². The van der Waals surface area contributed by atoms with E-state index in [1.54, 1.807) is 23.1 Å². The Morgan fingerprint density at radius 2 is 1.87 bits per heavy atom. The first kappa shape index (κ1) is 19.8. The molecule has 1 N–H and O–H groups in total. The molecule has 1 aliphatic rings. The molecule has 4 aromatic rings. The number of nitrogens with zero attached hydrogens (tertiary/aromatic N) is 3. The molecule has 1 aromatic carbocycles. The lowest BCUT2D eigenvalue weighted by Gasteiger charge is -2.10. The van der Waals surface area contributed by atoms with Crippen molar-refractivity contribution in [2.75, 3.05) is 18.1 Å². The highest BCUT2D eigenvalue weighted by Gasteiger charge is 2.25. The van der Waals surface area contributed by atoms with Crippen molar-refractivity contribution in [2.45, 2.75) is 44.7 Å². The lowest BCUT2D eigenvalue weighted by atomic mass is 10.0. The first-order chi connectivity index (χ1) is 14.7. The summed E-state index contributed by atoms with van der Waals surface area (Å²) in [5, 5.41) is 5.67. The number of aryl methyl sites for hydroxylation is 1. The number of pyridine rings is 1.